The van der Waals surface area contributed by atoms with Crippen molar-refractivity contribution in [2.75, 3.05) is 24.6 Å². The van der Waals surface area contributed by atoms with E-state index in [1.54, 1.807) is 0 Å². The third-order valence-electron chi connectivity index (χ3n) is 4.01. The Morgan fingerprint density at radius 1 is 0.684 bits per heavy atom. The maximum atomic E-state index is 12.4. The Labute approximate surface area is 120 Å². The van der Waals surface area contributed by atoms with Crippen LogP contribution in [0.4, 0.5) is 8.78 Å². The van der Waals surface area contributed by atoms with Crippen molar-refractivity contribution >= 4 is 7.26 Å². The monoisotopic (exact) mass is 295 g/mol. The van der Waals surface area contributed by atoms with E-state index in [1.165, 1.54) is 57.0 Å². The van der Waals surface area contributed by atoms with Gasteiger partial charge in [-0.1, -0.05) is 40.0 Å². The van der Waals surface area contributed by atoms with Crippen LogP contribution < -0.4 is 0 Å². The average Bonchev–Trinajstić information content (AvgIpc) is 2.39. The lowest BCUT2D eigenvalue weighted by atomic mass is 10.3. The molecule has 0 atom stereocenters. The lowest BCUT2D eigenvalue weighted by molar-refractivity contribution is 0.137. The Morgan fingerprint density at radius 3 is 1.37 bits per heavy atom. The highest BCUT2D eigenvalue weighted by atomic mass is 31.2. The van der Waals surface area contributed by atoms with Crippen LogP contribution in [0.15, 0.2) is 0 Å². The molecule has 0 amide bonds. The van der Waals surface area contributed by atoms with Crippen LogP contribution in [0.1, 0.15) is 72.1 Å². The lowest BCUT2D eigenvalue weighted by Gasteiger charge is -2.28. The van der Waals surface area contributed by atoms with E-state index in [4.69, 9.17) is 0 Å². The Hall–Kier alpha value is 0.290. The average molecular weight is 295 g/mol. The first-order chi connectivity index (χ1) is 9.10. The van der Waals surface area contributed by atoms with Crippen LogP contribution in [0.5, 0.6) is 0 Å². The van der Waals surface area contributed by atoms with Crippen molar-refractivity contribution in [3.63, 3.8) is 0 Å². The standard InChI is InChI=1S/C16H34F2P/c1-4-7-12-19(13-8-5-2,14-9-6-3)15-10-11-16(17)18/h16H,4-15H2,1-3H3/q+1. The number of hydrogen-bond donors (Lipinski definition) is 0. The molecule has 0 unspecified atom stereocenters. The minimum Gasteiger partial charge on any atom is -0.211 e. The summed E-state index contributed by atoms with van der Waals surface area (Å²) in [6, 6.07) is 0. The summed E-state index contributed by atoms with van der Waals surface area (Å²) < 4.78 is 24.8. The minimum atomic E-state index is -2.11. The van der Waals surface area contributed by atoms with Crippen LogP contribution in [0.2, 0.25) is 0 Å². The molecule has 0 aliphatic carbocycles. The predicted octanol–water partition coefficient (Wildman–Crippen LogP) is 6.45. The molecule has 116 valence electrons. The second-order valence-electron chi connectivity index (χ2n) is 5.83. The quantitative estimate of drug-likeness (QED) is 0.342. The third kappa shape index (κ3) is 9.77. The summed E-state index contributed by atoms with van der Waals surface area (Å²) in [5.41, 5.74) is 0. The Morgan fingerprint density at radius 2 is 1.05 bits per heavy atom. The maximum Gasteiger partial charge on any atom is 0.238 e. The molecule has 19 heavy (non-hydrogen) atoms. The molecule has 0 aromatic rings. The van der Waals surface area contributed by atoms with E-state index < -0.39 is 13.7 Å². The Balaban J connectivity index is 4.47. The van der Waals surface area contributed by atoms with Gasteiger partial charge in [-0.25, -0.2) is 8.78 Å². The number of alkyl halides is 2. The molecule has 3 heteroatoms. The molecular formula is C16H34F2P+. The van der Waals surface area contributed by atoms with Gasteiger partial charge in [-0.15, -0.1) is 0 Å². The molecule has 0 aromatic heterocycles. The number of halogens is 2. The highest BCUT2D eigenvalue weighted by Gasteiger charge is 2.34. The molecule has 0 saturated carbocycles. The molecule has 0 heterocycles. The van der Waals surface area contributed by atoms with Gasteiger partial charge in [0, 0.05) is 13.7 Å². The van der Waals surface area contributed by atoms with Crippen molar-refractivity contribution in [3.8, 4) is 0 Å². The molecule has 0 fully saturated rings. The summed E-state index contributed by atoms with van der Waals surface area (Å²) >= 11 is 0. The zero-order valence-electron chi connectivity index (χ0n) is 13.3. The molecule has 0 radical (unpaired) electrons. The predicted molar refractivity (Wildman–Crippen MR) is 86.4 cm³/mol. The van der Waals surface area contributed by atoms with Crippen LogP contribution in [-0.4, -0.2) is 31.1 Å². The second-order valence-corrected chi connectivity index (χ2v) is 10.3. The Bertz CT molecular complexity index is 173. The topological polar surface area (TPSA) is 0 Å². The second kappa shape index (κ2) is 12.1. The number of rotatable bonds is 13. The third-order valence-corrected chi connectivity index (χ3v) is 9.07. The van der Waals surface area contributed by atoms with Crippen LogP contribution in [0.25, 0.3) is 0 Å². The van der Waals surface area contributed by atoms with Gasteiger partial charge >= 0.3 is 0 Å². The highest BCUT2D eigenvalue weighted by molar-refractivity contribution is 7.75. The molecule has 0 bridgehead atoms. The number of hydrogen-bond acceptors (Lipinski definition) is 0. The summed E-state index contributed by atoms with van der Waals surface area (Å²) in [4.78, 5) is 0. The van der Waals surface area contributed by atoms with Gasteiger partial charge in [-0.3, -0.25) is 0 Å². The zero-order chi connectivity index (χ0) is 14.6. The van der Waals surface area contributed by atoms with Crippen LogP contribution in [0, 0.1) is 0 Å². The smallest absolute Gasteiger partial charge is 0.211 e. The maximum absolute atomic E-state index is 12.4. The van der Waals surface area contributed by atoms with Gasteiger partial charge in [0.2, 0.25) is 6.43 Å². The van der Waals surface area contributed by atoms with Gasteiger partial charge in [0.25, 0.3) is 0 Å². The summed E-state index contributed by atoms with van der Waals surface area (Å²) in [7, 11) is -0.935. The van der Waals surface area contributed by atoms with Gasteiger partial charge in [0.1, 0.15) is 0 Å². The summed E-state index contributed by atoms with van der Waals surface area (Å²) in [6.45, 7) is 6.73. The molecule has 0 aliphatic heterocycles. The van der Waals surface area contributed by atoms with Gasteiger partial charge in [0.15, 0.2) is 0 Å². The Kier molecular flexibility index (Phi) is 12.2. The van der Waals surface area contributed by atoms with Crippen LogP contribution in [0.3, 0.4) is 0 Å². The van der Waals surface area contributed by atoms with E-state index in [2.05, 4.69) is 20.8 Å². The molecule has 0 aliphatic rings. The minimum absolute atomic E-state index is 0.117. The molecule has 0 saturated heterocycles. The molecule has 0 nitrogen and oxygen atoms in total. The van der Waals surface area contributed by atoms with Crippen molar-refractivity contribution in [1.82, 2.24) is 0 Å². The van der Waals surface area contributed by atoms with Gasteiger partial charge in [-0.2, -0.15) is 0 Å². The first kappa shape index (κ1) is 19.3. The molecule has 0 spiro atoms. The van der Waals surface area contributed by atoms with Gasteiger partial charge in [0.05, 0.1) is 24.6 Å². The fourth-order valence-electron chi connectivity index (χ4n) is 2.73. The molecule has 0 aromatic carbocycles. The van der Waals surface area contributed by atoms with E-state index in [0.29, 0.717) is 0 Å². The van der Waals surface area contributed by atoms with E-state index in [1.807, 2.05) is 0 Å². The van der Waals surface area contributed by atoms with Gasteiger partial charge in [-0.05, 0) is 25.7 Å². The summed E-state index contributed by atoms with van der Waals surface area (Å²) in [5, 5.41) is 0. The van der Waals surface area contributed by atoms with Crippen molar-refractivity contribution in [1.29, 1.82) is 0 Å². The van der Waals surface area contributed by atoms with Gasteiger partial charge < -0.3 is 0 Å². The van der Waals surface area contributed by atoms with Crippen LogP contribution >= 0.6 is 7.26 Å². The number of unbranched alkanes of at least 4 members (excludes halogenated alkanes) is 3. The van der Waals surface area contributed by atoms with E-state index in [0.717, 1.165) is 12.6 Å². The van der Waals surface area contributed by atoms with E-state index in [-0.39, 0.29) is 6.42 Å². The first-order valence-electron chi connectivity index (χ1n) is 8.23. The largest absolute Gasteiger partial charge is 0.238 e. The van der Waals surface area contributed by atoms with Crippen molar-refractivity contribution in [2.24, 2.45) is 0 Å². The first-order valence-corrected chi connectivity index (χ1v) is 10.8. The van der Waals surface area contributed by atoms with E-state index in [9.17, 15) is 8.78 Å². The molecule has 0 rings (SSSR count). The lowest BCUT2D eigenvalue weighted by Crippen LogP contribution is -2.13. The van der Waals surface area contributed by atoms with Crippen molar-refractivity contribution in [2.45, 2.75) is 78.6 Å². The highest BCUT2D eigenvalue weighted by Crippen LogP contribution is 2.61. The molecule has 0 N–H and O–H groups in total. The molecular weight excluding hydrogens is 261 g/mol. The van der Waals surface area contributed by atoms with Crippen molar-refractivity contribution in [3.05, 3.63) is 0 Å². The zero-order valence-corrected chi connectivity index (χ0v) is 14.2. The normalized spacial score (nSPS) is 12.3. The summed E-state index contributed by atoms with van der Waals surface area (Å²) in [5.74, 6) is 0. The summed E-state index contributed by atoms with van der Waals surface area (Å²) in [6.07, 6.45) is 11.6. The van der Waals surface area contributed by atoms with E-state index >= 15 is 0 Å². The van der Waals surface area contributed by atoms with Crippen LogP contribution in [-0.2, 0) is 0 Å². The SMILES string of the molecule is CCCC[P+](CCCC)(CCCC)CCCC(F)F. The fourth-order valence-corrected chi connectivity index (χ4v) is 7.89. The fraction of sp³-hybridized carbons (Fsp3) is 1.00. The van der Waals surface area contributed by atoms with Crippen molar-refractivity contribution < 1.29 is 8.78 Å².